The predicted molar refractivity (Wildman–Crippen MR) is 121 cm³/mol. The van der Waals surface area contributed by atoms with Crippen LogP contribution in [0.5, 0.6) is 5.75 Å². The van der Waals surface area contributed by atoms with Crippen LogP contribution in [0.15, 0.2) is 42.5 Å². The second-order valence-electron chi connectivity index (χ2n) is 8.39. The Morgan fingerprint density at radius 1 is 1.07 bits per heavy atom. The van der Waals surface area contributed by atoms with E-state index in [1.165, 1.54) is 12.8 Å². The summed E-state index contributed by atoms with van der Waals surface area (Å²) in [5.41, 5.74) is 3.46. The molecule has 160 valence electrons. The van der Waals surface area contributed by atoms with E-state index in [0.717, 1.165) is 35.4 Å². The summed E-state index contributed by atoms with van der Waals surface area (Å²) in [6.45, 7) is 5.63. The van der Waals surface area contributed by atoms with Gasteiger partial charge in [0.05, 0.1) is 6.10 Å². The normalized spacial score (nSPS) is 14.0. The SMILES string of the molecule is Cc1ccc(NC(=O)C(C)C)cc1NC(=O)CCc1cccc(OC2CCCC2)c1. The number of nitrogens with one attached hydrogen (secondary N) is 2. The summed E-state index contributed by atoms with van der Waals surface area (Å²) in [5, 5.41) is 5.85. The van der Waals surface area contributed by atoms with E-state index >= 15 is 0 Å². The molecule has 1 aliphatic carbocycles. The van der Waals surface area contributed by atoms with Crippen LogP contribution in [0, 0.1) is 12.8 Å². The summed E-state index contributed by atoms with van der Waals surface area (Å²) in [7, 11) is 0. The fourth-order valence-corrected chi connectivity index (χ4v) is 3.56. The van der Waals surface area contributed by atoms with E-state index < -0.39 is 0 Å². The molecular weight excluding hydrogens is 376 g/mol. The maximum absolute atomic E-state index is 12.5. The number of rotatable bonds is 8. The molecule has 1 fully saturated rings. The van der Waals surface area contributed by atoms with Crippen molar-refractivity contribution in [3.05, 3.63) is 53.6 Å². The molecule has 0 radical (unpaired) electrons. The molecule has 0 bridgehead atoms. The molecular formula is C25H32N2O3. The third-order valence-corrected chi connectivity index (χ3v) is 5.45. The standard InChI is InChI=1S/C25H32N2O3/c1-17(2)25(29)26-20-13-11-18(3)23(16-20)27-24(28)14-12-19-7-6-10-22(15-19)30-21-8-4-5-9-21/h6-7,10-11,13,15-17,21H,4-5,8-9,12,14H2,1-3H3,(H,26,29)(H,27,28). The number of aryl methyl sites for hydroxylation is 2. The van der Waals surface area contributed by atoms with E-state index in [1.54, 1.807) is 0 Å². The summed E-state index contributed by atoms with van der Waals surface area (Å²) >= 11 is 0. The van der Waals surface area contributed by atoms with Gasteiger partial charge in [-0.1, -0.05) is 32.0 Å². The Morgan fingerprint density at radius 3 is 2.57 bits per heavy atom. The Hall–Kier alpha value is -2.82. The molecule has 3 rings (SSSR count). The molecule has 1 saturated carbocycles. The molecule has 0 aliphatic heterocycles. The van der Waals surface area contributed by atoms with Crippen molar-refractivity contribution in [3.8, 4) is 5.75 Å². The van der Waals surface area contributed by atoms with Crippen LogP contribution in [-0.2, 0) is 16.0 Å². The second kappa shape index (κ2) is 10.3. The van der Waals surface area contributed by atoms with Crippen LogP contribution in [0.25, 0.3) is 0 Å². The van der Waals surface area contributed by atoms with E-state index in [2.05, 4.69) is 10.6 Å². The third-order valence-electron chi connectivity index (χ3n) is 5.45. The van der Waals surface area contributed by atoms with Gasteiger partial charge in [-0.2, -0.15) is 0 Å². The van der Waals surface area contributed by atoms with E-state index in [4.69, 9.17) is 4.74 Å². The van der Waals surface area contributed by atoms with Gasteiger partial charge < -0.3 is 15.4 Å². The number of hydrogen-bond donors (Lipinski definition) is 2. The largest absolute Gasteiger partial charge is 0.490 e. The lowest BCUT2D eigenvalue weighted by Gasteiger charge is -2.14. The van der Waals surface area contributed by atoms with Crippen molar-refractivity contribution >= 4 is 23.2 Å². The highest BCUT2D eigenvalue weighted by atomic mass is 16.5. The molecule has 5 nitrogen and oxygen atoms in total. The lowest BCUT2D eigenvalue weighted by molar-refractivity contribution is -0.119. The third kappa shape index (κ3) is 6.34. The average molecular weight is 409 g/mol. The number of carbonyl (C=O) groups is 2. The number of carbonyl (C=O) groups excluding carboxylic acids is 2. The van der Waals surface area contributed by atoms with E-state index in [1.807, 2.05) is 63.2 Å². The first kappa shape index (κ1) is 21.9. The summed E-state index contributed by atoms with van der Waals surface area (Å²) < 4.78 is 6.06. The van der Waals surface area contributed by atoms with E-state index in [9.17, 15) is 9.59 Å². The number of ether oxygens (including phenoxy) is 1. The molecule has 2 aromatic carbocycles. The molecule has 0 unspecified atom stereocenters. The highest BCUT2D eigenvalue weighted by molar-refractivity contribution is 5.95. The average Bonchev–Trinajstić information content (AvgIpc) is 3.22. The molecule has 2 N–H and O–H groups in total. The lowest BCUT2D eigenvalue weighted by atomic mass is 10.1. The van der Waals surface area contributed by atoms with Crippen LogP contribution in [0.2, 0.25) is 0 Å². The monoisotopic (exact) mass is 408 g/mol. The summed E-state index contributed by atoms with van der Waals surface area (Å²) in [5.74, 6) is 0.699. The van der Waals surface area contributed by atoms with Gasteiger partial charge in [-0.3, -0.25) is 9.59 Å². The molecule has 0 spiro atoms. The van der Waals surface area contributed by atoms with Crippen molar-refractivity contribution in [2.75, 3.05) is 10.6 Å². The molecule has 0 aromatic heterocycles. The maximum Gasteiger partial charge on any atom is 0.226 e. The number of amides is 2. The zero-order valence-corrected chi connectivity index (χ0v) is 18.2. The van der Waals surface area contributed by atoms with Gasteiger partial charge in [-0.15, -0.1) is 0 Å². The number of benzene rings is 2. The van der Waals surface area contributed by atoms with Crippen molar-refractivity contribution < 1.29 is 14.3 Å². The van der Waals surface area contributed by atoms with Gasteiger partial charge in [0, 0.05) is 23.7 Å². The van der Waals surface area contributed by atoms with E-state index in [-0.39, 0.29) is 17.7 Å². The van der Waals surface area contributed by atoms with Gasteiger partial charge in [0.15, 0.2) is 0 Å². The Morgan fingerprint density at radius 2 is 1.83 bits per heavy atom. The first-order valence-electron chi connectivity index (χ1n) is 10.9. The van der Waals surface area contributed by atoms with Crippen molar-refractivity contribution in [2.45, 2.75) is 65.4 Å². The first-order valence-corrected chi connectivity index (χ1v) is 10.9. The molecule has 0 heterocycles. The Balaban J connectivity index is 1.55. The second-order valence-corrected chi connectivity index (χ2v) is 8.39. The van der Waals surface area contributed by atoms with Crippen molar-refractivity contribution in [2.24, 2.45) is 5.92 Å². The van der Waals surface area contributed by atoms with Crippen LogP contribution in [0.1, 0.15) is 57.1 Å². The van der Waals surface area contributed by atoms with Crippen LogP contribution in [0.4, 0.5) is 11.4 Å². The lowest BCUT2D eigenvalue weighted by Crippen LogP contribution is -2.18. The maximum atomic E-state index is 12.5. The quantitative estimate of drug-likeness (QED) is 0.607. The molecule has 30 heavy (non-hydrogen) atoms. The molecule has 2 amide bonds. The number of hydrogen-bond acceptors (Lipinski definition) is 3. The van der Waals surface area contributed by atoms with Gasteiger partial charge >= 0.3 is 0 Å². The Kier molecular flexibility index (Phi) is 7.50. The topological polar surface area (TPSA) is 67.4 Å². The highest BCUT2D eigenvalue weighted by Crippen LogP contribution is 2.25. The predicted octanol–water partition coefficient (Wildman–Crippen LogP) is 5.48. The summed E-state index contributed by atoms with van der Waals surface area (Å²) in [4.78, 5) is 24.4. The van der Waals surface area contributed by atoms with Crippen molar-refractivity contribution in [1.82, 2.24) is 0 Å². The minimum absolute atomic E-state index is 0.0455. The van der Waals surface area contributed by atoms with E-state index in [0.29, 0.717) is 24.6 Å². The summed E-state index contributed by atoms with van der Waals surface area (Å²) in [6, 6.07) is 13.6. The fourth-order valence-electron chi connectivity index (χ4n) is 3.56. The number of anilines is 2. The van der Waals surface area contributed by atoms with Crippen LogP contribution >= 0.6 is 0 Å². The van der Waals surface area contributed by atoms with Crippen LogP contribution < -0.4 is 15.4 Å². The fraction of sp³-hybridized carbons (Fsp3) is 0.440. The van der Waals surface area contributed by atoms with Gasteiger partial charge in [0.2, 0.25) is 11.8 Å². The Bertz CT molecular complexity index is 886. The molecule has 1 aliphatic rings. The Labute approximate surface area is 179 Å². The minimum atomic E-state index is -0.0993. The van der Waals surface area contributed by atoms with Crippen LogP contribution in [-0.4, -0.2) is 17.9 Å². The minimum Gasteiger partial charge on any atom is -0.490 e. The first-order chi connectivity index (χ1) is 14.4. The van der Waals surface area contributed by atoms with Gasteiger partial charge in [0.25, 0.3) is 0 Å². The molecule has 0 atom stereocenters. The summed E-state index contributed by atoms with van der Waals surface area (Å²) in [6.07, 6.45) is 6.10. The molecule has 2 aromatic rings. The van der Waals surface area contributed by atoms with Crippen molar-refractivity contribution in [1.29, 1.82) is 0 Å². The zero-order chi connectivity index (χ0) is 21.5. The smallest absolute Gasteiger partial charge is 0.226 e. The van der Waals surface area contributed by atoms with Gasteiger partial charge in [-0.25, -0.2) is 0 Å². The molecule has 0 saturated heterocycles. The van der Waals surface area contributed by atoms with Gasteiger partial charge in [-0.05, 0) is 74.4 Å². The zero-order valence-electron chi connectivity index (χ0n) is 18.2. The van der Waals surface area contributed by atoms with Gasteiger partial charge in [0.1, 0.15) is 5.75 Å². The highest BCUT2D eigenvalue weighted by Gasteiger charge is 2.16. The van der Waals surface area contributed by atoms with Crippen LogP contribution in [0.3, 0.4) is 0 Å². The van der Waals surface area contributed by atoms with Crippen molar-refractivity contribution in [3.63, 3.8) is 0 Å². The molecule has 5 heteroatoms.